The number of halogens is 2. The van der Waals surface area contributed by atoms with Gasteiger partial charge in [0.2, 0.25) is 0 Å². The first-order chi connectivity index (χ1) is 23.9. The third-order valence-corrected chi connectivity index (χ3v) is 8.57. The third-order valence-electron chi connectivity index (χ3n) is 8.57. The molecule has 49 heavy (non-hydrogen) atoms. The highest BCUT2D eigenvalue weighted by molar-refractivity contribution is 5.87. The predicted molar refractivity (Wildman–Crippen MR) is 181 cm³/mol. The molecule has 0 bridgehead atoms. The summed E-state index contributed by atoms with van der Waals surface area (Å²) in [7, 11) is 0. The van der Waals surface area contributed by atoms with Gasteiger partial charge in [-0.25, -0.2) is 18.7 Å². The van der Waals surface area contributed by atoms with E-state index in [-0.39, 0.29) is 0 Å². The molecule has 8 nitrogen and oxygen atoms in total. The lowest BCUT2D eigenvalue weighted by Gasteiger charge is -2.16. The standard InChI is InChI=1S/C39H22F2N8/c1-23-13-33(38-29(6-4-12-44-38)24-8-10-36-45-19-27(16-42)48(36)21-24)35(41)15-31(23)26-14-32(39(47-18-26)30-5-2-3-7-34(30)40)25-9-11-37-46-20-28(17-43)49(37)22-25/h2-15,18-22H,1H3. The maximum atomic E-state index is 16.3. The lowest BCUT2D eigenvalue weighted by Crippen LogP contribution is -1.98. The Morgan fingerprint density at radius 1 is 0.551 bits per heavy atom. The van der Waals surface area contributed by atoms with Crippen molar-refractivity contribution in [3.63, 3.8) is 0 Å². The summed E-state index contributed by atoms with van der Waals surface area (Å²) in [5.41, 5.74) is 8.16. The van der Waals surface area contributed by atoms with Crippen LogP contribution in [0.2, 0.25) is 0 Å². The van der Waals surface area contributed by atoms with Crippen LogP contribution in [0.3, 0.4) is 0 Å². The van der Waals surface area contributed by atoms with Crippen LogP contribution in [-0.2, 0) is 0 Å². The zero-order valence-electron chi connectivity index (χ0n) is 25.8. The molecule has 0 N–H and O–H groups in total. The summed E-state index contributed by atoms with van der Waals surface area (Å²) in [6, 6.07) is 26.7. The monoisotopic (exact) mass is 640 g/mol. The van der Waals surface area contributed by atoms with Crippen LogP contribution in [0.4, 0.5) is 8.78 Å². The van der Waals surface area contributed by atoms with Gasteiger partial charge in [-0.05, 0) is 78.7 Å². The largest absolute Gasteiger partial charge is 0.291 e. The SMILES string of the molecule is Cc1cc(-c2ncccc2-c2ccc3ncc(C#N)n3c2)c(F)cc1-c1cnc(-c2ccccc2F)c(-c2ccc3ncc(C#N)n3c2)c1. The molecule has 232 valence electrons. The van der Waals surface area contributed by atoms with E-state index >= 15 is 8.78 Å². The van der Waals surface area contributed by atoms with E-state index in [1.807, 2.05) is 31.2 Å². The van der Waals surface area contributed by atoms with Gasteiger partial charge in [-0.15, -0.1) is 0 Å². The van der Waals surface area contributed by atoms with Gasteiger partial charge in [-0.3, -0.25) is 18.8 Å². The Labute approximate surface area is 278 Å². The van der Waals surface area contributed by atoms with Crippen molar-refractivity contribution in [3.05, 3.63) is 145 Å². The number of pyridine rings is 4. The quantitative estimate of drug-likeness (QED) is 0.187. The van der Waals surface area contributed by atoms with E-state index in [0.717, 1.165) is 11.1 Å². The topological polar surface area (TPSA) is 108 Å². The van der Waals surface area contributed by atoms with Gasteiger partial charge in [-0.1, -0.05) is 18.2 Å². The average molecular weight is 641 g/mol. The number of benzene rings is 2. The molecule has 6 aromatic heterocycles. The van der Waals surface area contributed by atoms with E-state index in [1.165, 1.54) is 24.5 Å². The highest BCUT2D eigenvalue weighted by atomic mass is 19.1. The van der Waals surface area contributed by atoms with E-state index in [0.29, 0.717) is 73.0 Å². The molecule has 6 heterocycles. The molecule has 0 amide bonds. The maximum Gasteiger partial charge on any atom is 0.144 e. The molecule has 2 aromatic carbocycles. The molecule has 0 saturated heterocycles. The first kappa shape index (κ1) is 29.4. The summed E-state index contributed by atoms with van der Waals surface area (Å²) < 4.78 is 34.7. The molecule has 0 saturated carbocycles. The van der Waals surface area contributed by atoms with Crippen molar-refractivity contribution in [2.45, 2.75) is 6.92 Å². The van der Waals surface area contributed by atoms with Crippen LogP contribution >= 0.6 is 0 Å². The van der Waals surface area contributed by atoms with Gasteiger partial charge >= 0.3 is 0 Å². The minimum atomic E-state index is -0.486. The normalized spacial score (nSPS) is 11.1. The van der Waals surface area contributed by atoms with E-state index < -0.39 is 11.6 Å². The lowest BCUT2D eigenvalue weighted by atomic mass is 9.92. The first-order valence-corrected chi connectivity index (χ1v) is 15.2. The minimum absolute atomic E-state index is 0.312. The minimum Gasteiger partial charge on any atom is -0.291 e. The van der Waals surface area contributed by atoms with Crippen LogP contribution in [-0.4, -0.2) is 28.7 Å². The Hall–Kier alpha value is -7.04. The number of hydrogen-bond donors (Lipinski definition) is 0. The van der Waals surface area contributed by atoms with Crippen LogP contribution < -0.4 is 0 Å². The van der Waals surface area contributed by atoms with E-state index in [9.17, 15) is 10.5 Å². The lowest BCUT2D eigenvalue weighted by molar-refractivity contribution is 0.630. The summed E-state index contributed by atoms with van der Waals surface area (Å²) in [5, 5.41) is 19.1. The molecule has 0 unspecified atom stereocenters. The number of imidazole rings is 2. The summed E-state index contributed by atoms with van der Waals surface area (Å²) >= 11 is 0. The molecule has 0 aliphatic carbocycles. The molecule has 8 aromatic rings. The molecular weight excluding hydrogens is 618 g/mol. The molecule has 8 rings (SSSR count). The van der Waals surface area contributed by atoms with Crippen LogP contribution in [0.5, 0.6) is 0 Å². The Morgan fingerprint density at radius 3 is 1.86 bits per heavy atom. The smallest absolute Gasteiger partial charge is 0.144 e. The number of nitrogens with zero attached hydrogens (tertiary/aromatic N) is 8. The van der Waals surface area contributed by atoms with Crippen molar-refractivity contribution in [2.75, 3.05) is 0 Å². The molecule has 0 atom stereocenters. The van der Waals surface area contributed by atoms with Crippen LogP contribution in [0.15, 0.2) is 116 Å². The molecule has 0 aliphatic heterocycles. The Kier molecular flexibility index (Phi) is 6.98. The summed E-state index contributed by atoms with van der Waals surface area (Å²) in [6.45, 7) is 1.89. The Morgan fingerprint density at radius 2 is 1.18 bits per heavy atom. The number of aryl methyl sites for hydroxylation is 1. The summed E-state index contributed by atoms with van der Waals surface area (Å²) in [6.07, 6.45) is 9.80. The number of nitriles is 2. The van der Waals surface area contributed by atoms with Crippen molar-refractivity contribution < 1.29 is 8.78 Å². The average Bonchev–Trinajstić information content (AvgIpc) is 3.75. The second kappa shape index (κ2) is 11.6. The van der Waals surface area contributed by atoms with Gasteiger partial charge in [-0.2, -0.15) is 10.5 Å². The fourth-order valence-electron chi connectivity index (χ4n) is 6.17. The van der Waals surface area contributed by atoms with E-state index in [1.54, 1.807) is 76.1 Å². The number of rotatable bonds is 5. The van der Waals surface area contributed by atoms with Crippen LogP contribution in [0, 0.1) is 41.2 Å². The maximum absolute atomic E-state index is 16.3. The van der Waals surface area contributed by atoms with Crippen LogP contribution in [0.25, 0.3) is 67.2 Å². The number of fused-ring (bicyclic) bond motifs is 2. The molecule has 0 spiro atoms. The molecular formula is C39H22F2N8. The highest BCUT2D eigenvalue weighted by Crippen LogP contribution is 2.39. The van der Waals surface area contributed by atoms with Gasteiger partial charge < -0.3 is 0 Å². The van der Waals surface area contributed by atoms with Gasteiger partial charge in [0, 0.05) is 63.7 Å². The third kappa shape index (κ3) is 4.96. The Balaban J connectivity index is 1.26. The van der Waals surface area contributed by atoms with Gasteiger partial charge in [0.25, 0.3) is 0 Å². The van der Waals surface area contributed by atoms with E-state index in [4.69, 9.17) is 4.98 Å². The predicted octanol–water partition coefficient (Wildman–Crippen LogP) is 8.44. The Bertz CT molecular complexity index is 2690. The van der Waals surface area contributed by atoms with Crippen molar-refractivity contribution >= 4 is 11.3 Å². The number of aromatic nitrogens is 6. The van der Waals surface area contributed by atoms with Gasteiger partial charge in [0.05, 0.1) is 23.8 Å². The van der Waals surface area contributed by atoms with Gasteiger partial charge in [0.1, 0.15) is 46.5 Å². The van der Waals surface area contributed by atoms with Crippen molar-refractivity contribution in [2.24, 2.45) is 0 Å². The fourth-order valence-corrected chi connectivity index (χ4v) is 6.17. The van der Waals surface area contributed by atoms with Crippen molar-refractivity contribution in [1.29, 1.82) is 10.5 Å². The zero-order valence-corrected chi connectivity index (χ0v) is 25.8. The highest BCUT2D eigenvalue weighted by Gasteiger charge is 2.20. The second-order valence-electron chi connectivity index (χ2n) is 11.4. The van der Waals surface area contributed by atoms with Gasteiger partial charge in [0.15, 0.2) is 0 Å². The molecule has 0 aliphatic rings. The second-order valence-corrected chi connectivity index (χ2v) is 11.4. The molecule has 0 radical (unpaired) electrons. The zero-order chi connectivity index (χ0) is 33.6. The first-order valence-electron chi connectivity index (χ1n) is 15.2. The van der Waals surface area contributed by atoms with Crippen molar-refractivity contribution in [3.8, 4) is 68.0 Å². The molecule has 10 heteroatoms. The fraction of sp³-hybridized carbons (Fsp3) is 0.0256. The summed E-state index contributed by atoms with van der Waals surface area (Å²) in [5.74, 6) is -0.917. The summed E-state index contributed by atoms with van der Waals surface area (Å²) in [4.78, 5) is 17.8. The van der Waals surface area contributed by atoms with Crippen LogP contribution in [0.1, 0.15) is 17.0 Å². The van der Waals surface area contributed by atoms with E-state index in [2.05, 4.69) is 27.1 Å². The molecule has 0 fully saturated rings. The van der Waals surface area contributed by atoms with Crippen molar-refractivity contribution in [1.82, 2.24) is 28.7 Å². The number of hydrogen-bond acceptors (Lipinski definition) is 6.